The second kappa shape index (κ2) is 9.27. The van der Waals surface area contributed by atoms with Gasteiger partial charge in [-0.05, 0) is 37.1 Å². The molecule has 2 fully saturated rings. The van der Waals surface area contributed by atoms with E-state index in [0.717, 1.165) is 55.9 Å². The number of hydrogen-bond donors (Lipinski definition) is 1. The summed E-state index contributed by atoms with van der Waals surface area (Å²) in [6.45, 7) is 4.11. The Morgan fingerprint density at radius 2 is 1.86 bits per heavy atom. The van der Waals surface area contributed by atoms with Gasteiger partial charge in [-0.2, -0.15) is 18.3 Å². The van der Waals surface area contributed by atoms with Gasteiger partial charge in [0.25, 0.3) is 0 Å². The van der Waals surface area contributed by atoms with E-state index in [1.165, 1.54) is 18.1 Å². The van der Waals surface area contributed by atoms with Crippen molar-refractivity contribution >= 4 is 22.5 Å². The number of benzene rings is 1. The third-order valence-corrected chi connectivity index (χ3v) is 7.16. The van der Waals surface area contributed by atoms with E-state index in [9.17, 15) is 13.2 Å². The van der Waals surface area contributed by atoms with E-state index in [-0.39, 0.29) is 12.0 Å². The number of rotatable bonds is 7. The molecule has 4 heterocycles. The summed E-state index contributed by atoms with van der Waals surface area (Å²) in [6.07, 6.45) is 0.567. The van der Waals surface area contributed by atoms with Crippen LogP contribution in [0.15, 0.2) is 36.8 Å². The fraction of sp³-hybridized carbons (Fsp3) is 0.542. The molecule has 1 aromatic carbocycles. The highest BCUT2D eigenvalue weighted by atomic mass is 19.4. The van der Waals surface area contributed by atoms with E-state index in [1.807, 2.05) is 11.9 Å². The summed E-state index contributed by atoms with van der Waals surface area (Å²) in [6, 6.07) is 8.47. The summed E-state index contributed by atoms with van der Waals surface area (Å²) in [5.74, 6) is 0.668. The monoisotopic (exact) mass is 489 g/mol. The Morgan fingerprint density at radius 3 is 2.60 bits per heavy atom. The van der Waals surface area contributed by atoms with Crippen LogP contribution in [0.3, 0.4) is 0 Å². The van der Waals surface area contributed by atoms with E-state index in [2.05, 4.69) is 49.1 Å². The van der Waals surface area contributed by atoms with Gasteiger partial charge in [-0.25, -0.2) is 9.97 Å². The molecule has 1 unspecified atom stereocenters. The molecule has 0 radical (unpaired) electrons. The molecule has 2 aromatic heterocycles. The maximum Gasteiger partial charge on any atom is 0.408 e. The lowest BCUT2D eigenvalue weighted by molar-refractivity contribution is -0.142. The molecule has 2 saturated heterocycles. The van der Waals surface area contributed by atoms with Crippen LogP contribution in [0.5, 0.6) is 0 Å². The fourth-order valence-corrected chi connectivity index (χ4v) is 5.39. The summed E-state index contributed by atoms with van der Waals surface area (Å²) < 4.78 is 39.4. The first-order valence-corrected chi connectivity index (χ1v) is 11.9. The number of hydrogen-bond acceptors (Lipinski definition) is 7. The number of likely N-dealkylation sites (N-methyl/N-ethyl adjacent to an activating group) is 1. The normalized spacial score (nSPS) is 21.0. The Morgan fingerprint density at radius 1 is 1.09 bits per heavy atom. The molecule has 0 saturated carbocycles. The molecule has 188 valence electrons. The van der Waals surface area contributed by atoms with E-state index in [1.54, 1.807) is 0 Å². The third kappa shape index (κ3) is 5.20. The number of aliphatic hydroxyl groups is 1. The number of aliphatic hydroxyl groups excluding tert-OH is 1. The Kier molecular flexibility index (Phi) is 6.30. The minimum atomic E-state index is -4.34. The van der Waals surface area contributed by atoms with Crippen LogP contribution in [0.2, 0.25) is 0 Å². The highest BCUT2D eigenvalue weighted by Gasteiger charge is 2.44. The molecule has 1 N–H and O–H groups in total. The average molecular weight is 490 g/mol. The molecule has 5 rings (SSSR count). The lowest BCUT2D eigenvalue weighted by Gasteiger charge is -2.25. The van der Waals surface area contributed by atoms with Crippen molar-refractivity contribution in [2.45, 2.75) is 32.1 Å². The first kappa shape index (κ1) is 23.8. The first-order valence-electron chi connectivity index (χ1n) is 11.9. The van der Waals surface area contributed by atoms with Gasteiger partial charge in [0.05, 0.1) is 12.0 Å². The number of fused-ring (bicyclic) bond motifs is 1. The molecule has 2 aliphatic heterocycles. The summed E-state index contributed by atoms with van der Waals surface area (Å²) in [7, 11) is 1.97. The van der Waals surface area contributed by atoms with Gasteiger partial charge in [-0.15, -0.1) is 0 Å². The van der Waals surface area contributed by atoms with Crippen LogP contribution >= 0.6 is 0 Å². The molecule has 3 aromatic rings. The van der Waals surface area contributed by atoms with E-state index >= 15 is 0 Å². The van der Waals surface area contributed by atoms with E-state index < -0.39 is 12.7 Å². The van der Waals surface area contributed by atoms with Crippen molar-refractivity contribution in [2.24, 2.45) is 5.41 Å². The largest absolute Gasteiger partial charge is 0.408 e. The van der Waals surface area contributed by atoms with Crippen LogP contribution in [0.4, 0.5) is 24.7 Å². The van der Waals surface area contributed by atoms with Crippen molar-refractivity contribution in [1.82, 2.24) is 24.6 Å². The lowest BCUT2D eigenvalue weighted by Crippen LogP contribution is -2.31. The van der Waals surface area contributed by atoms with Crippen molar-refractivity contribution in [3.8, 4) is 0 Å². The van der Waals surface area contributed by atoms with Crippen LogP contribution in [-0.2, 0) is 13.1 Å². The summed E-state index contributed by atoms with van der Waals surface area (Å²) >= 11 is 0. The minimum absolute atomic E-state index is 0.127. The second-order valence-corrected chi connectivity index (χ2v) is 9.82. The molecule has 35 heavy (non-hydrogen) atoms. The molecule has 0 amide bonds. The van der Waals surface area contributed by atoms with Gasteiger partial charge in [0, 0.05) is 57.1 Å². The Bertz CT molecular complexity index is 1170. The standard InChI is InChI=1S/C24H30F3N7O/c1-31(10-11-35)19-4-2-18(3-5-19)12-32-8-6-23(14-32)7-9-33(15-23)22-20-13-34(16-24(25,26)27)30-21(20)28-17-29-22/h2-5,13,17,35H,6-12,14-16H2,1H3. The fourth-order valence-electron chi connectivity index (χ4n) is 5.39. The molecule has 1 spiro atoms. The smallest absolute Gasteiger partial charge is 0.395 e. The maximum absolute atomic E-state index is 12.8. The van der Waals surface area contributed by atoms with Crippen molar-refractivity contribution < 1.29 is 18.3 Å². The molecule has 0 bridgehead atoms. The van der Waals surface area contributed by atoms with Crippen LogP contribution in [0, 0.1) is 5.41 Å². The third-order valence-electron chi connectivity index (χ3n) is 7.16. The number of alkyl halides is 3. The van der Waals surface area contributed by atoms with Crippen molar-refractivity contribution in [1.29, 1.82) is 0 Å². The number of nitrogens with zero attached hydrogens (tertiary/aromatic N) is 7. The van der Waals surface area contributed by atoms with Gasteiger partial charge >= 0.3 is 6.18 Å². The van der Waals surface area contributed by atoms with Crippen LogP contribution < -0.4 is 9.80 Å². The summed E-state index contributed by atoms with van der Waals surface area (Å²) in [5, 5.41) is 13.7. The highest BCUT2D eigenvalue weighted by molar-refractivity contribution is 5.86. The summed E-state index contributed by atoms with van der Waals surface area (Å²) in [4.78, 5) is 15.2. The van der Waals surface area contributed by atoms with Crippen LogP contribution in [-0.4, -0.2) is 82.3 Å². The van der Waals surface area contributed by atoms with Gasteiger partial charge in [0.2, 0.25) is 0 Å². The lowest BCUT2D eigenvalue weighted by atomic mass is 9.86. The van der Waals surface area contributed by atoms with Gasteiger partial charge in [0.1, 0.15) is 18.7 Å². The molecule has 11 heteroatoms. The topological polar surface area (TPSA) is 73.6 Å². The number of likely N-dealkylation sites (tertiary alicyclic amines) is 1. The van der Waals surface area contributed by atoms with E-state index in [0.29, 0.717) is 23.4 Å². The van der Waals surface area contributed by atoms with Crippen molar-refractivity contribution in [3.05, 3.63) is 42.4 Å². The van der Waals surface area contributed by atoms with Crippen molar-refractivity contribution in [3.63, 3.8) is 0 Å². The number of anilines is 2. The SMILES string of the molecule is CN(CCO)c1ccc(CN2CCC3(CCN(c4ncnc5nn(CC(F)(F)F)cc45)C3)C2)cc1. The second-order valence-electron chi connectivity index (χ2n) is 9.82. The molecular formula is C24H30F3N7O. The quantitative estimate of drug-likeness (QED) is 0.547. The predicted molar refractivity (Wildman–Crippen MR) is 127 cm³/mol. The van der Waals surface area contributed by atoms with Gasteiger partial charge in [-0.3, -0.25) is 9.58 Å². The molecule has 2 aliphatic rings. The highest BCUT2D eigenvalue weighted by Crippen LogP contribution is 2.42. The van der Waals surface area contributed by atoms with Gasteiger partial charge in [0.15, 0.2) is 5.65 Å². The summed E-state index contributed by atoms with van der Waals surface area (Å²) in [5.41, 5.74) is 2.79. The Labute approximate surface area is 202 Å². The first-order chi connectivity index (χ1) is 16.7. The zero-order chi connectivity index (χ0) is 24.6. The molecule has 8 nitrogen and oxygen atoms in total. The van der Waals surface area contributed by atoms with Gasteiger partial charge < -0.3 is 14.9 Å². The van der Waals surface area contributed by atoms with Crippen molar-refractivity contribution in [2.75, 3.05) is 56.2 Å². The van der Waals surface area contributed by atoms with Gasteiger partial charge in [-0.1, -0.05) is 12.1 Å². The zero-order valence-corrected chi connectivity index (χ0v) is 19.7. The van der Waals surface area contributed by atoms with Crippen LogP contribution in [0.1, 0.15) is 18.4 Å². The number of halogens is 3. The Hall–Kier alpha value is -2.92. The molecular weight excluding hydrogens is 459 g/mol. The Balaban J connectivity index is 1.24. The molecule has 1 atom stereocenters. The molecule has 0 aliphatic carbocycles. The number of aromatic nitrogens is 4. The zero-order valence-electron chi connectivity index (χ0n) is 19.7. The maximum atomic E-state index is 12.8. The minimum Gasteiger partial charge on any atom is -0.395 e. The predicted octanol–water partition coefficient (Wildman–Crippen LogP) is 2.92. The van der Waals surface area contributed by atoms with E-state index in [4.69, 9.17) is 5.11 Å². The van der Waals surface area contributed by atoms with Crippen LogP contribution in [0.25, 0.3) is 11.0 Å². The average Bonchev–Trinajstić information content (AvgIpc) is 3.51.